The first-order valence-corrected chi connectivity index (χ1v) is 15.1. The number of halogens is 3. The zero-order valence-corrected chi connectivity index (χ0v) is 25.5. The average molecular weight is 606 g/mol. The second-order valence-electron chi connectivity index (χ2n) is 11.9. The van der Waals surface area contributed by atoms with E-state index in [4.69, 9.17) is 4.98 Å². The number of thiazole rings is 1. The molecule has 1 N–H and O–H groups in total. The van der Waals surface area contributed by atoms with Crippen LogP contribution in [0, 0.1) is 6.92 Å². The normalized spacial score (nSPS) is 13.5. The molecule has 43 heavy (non-hydrogen) atoms. The predicted octanol–water partition coefficient (Wildman–Crippen LogP) is 8.49. The SMILES string of the molecule is Cc1sc(-c2ccccc2)nc1CCC(=O)c1ccc(-c2cccc(C(F)(F)F)c2)c2c1CN(C(=O)NC(C)(C)C)CC2. The fraction of sp³-hybridized carbons (Fsp3) is 0.324. The van der Waals surface area contributed by atoms with Gasteiger partial charge in [0.1, 0.15) is 5.01 Å². The molecule has 9 heteroatoms. The van der Waals surface area contributed by atoms with E-state index in [1.165, 1.54) is 6.07 Å². The van der Waals surface area contributed by atoms with E-state index in [9.17, 15) is 22.8 Å². The number of hydrogen-bond acceptors (Lipinski definition) is 4. The number of alkyl halides is 3. The number of benzene rings is 3. The van der Waals surface area contributed by atoms with E-state index in [-0.39, 0.29) is 24.8 Å². The Kier molecular flexibility index (Phi) is 8.47. The first kappa shape index (κ1) is 30.5. The van der Waals surface area contributed by atoms with Crippen LogP contribution in [0.2, 0.25) is 0 Å². The van der Waals surface area contributed by atoms with E-state index < -0.39 is 17.3 Å². The zero-order chi connectivity index (χ0) is 30.9. The summed E-state index contributed by atoms with van der Waals surface area (Å²) in [6, 6.07) is 18.3. The van der Waals surface area contributed by atoms with Gasteiger partial charge < -0.3 is 10.2 Å². The van der Waals surface area contributed by atoms with Crippen LogP contribution in [0.4, 0.5) is 18.0 Å². The number of rotatable bonds is 6. The number of carbonyl (C=O) groups excluding carboxylic acids is 2. The van der Waals surface area contributed by atoms with Crippen LogP contribution in [-0.2, 0) is 25.6 Å². The van der Waals surface area contributed by atoms with Gasteiger partial charge in [-0.2, -0.15) is 13.2 Å². The average Bonchev–Trinajstić information content (AvgIpc) is 3.34. The molecule has 0 atom stereocenters. The summed E-state index contributed by atoms with van der Waals surface area (Å²) in [6.07, 6.45) is -3.36. The van der Waals surface area contributed by atoms with Gasteiger partial charge in [0.05, 0.1) is 11.3 Å². The molecule has 0 saturated carbocycles. The Morgan fingerprint density at radius 2 is 1.67 bits per heavy atom. The minimum Gasteiger partial charge on any atom is -0.333 e. The molecule has 5 nitrogen and oxygen atoms in total. The summed E-state index contributed by atoms with van der Waals surface area (Å²) in [5.41, 5.74) is 3.81. The van der Waals surface area contributed by atoms with Crippen molar-refractivity contribution in [1.29, 1.82) is 0 Å². The first-order chi connectivity index (χ1) is 20.3. The number of fused-ring (bicyclic) bond motifs is 1. The molecule has 0 spiro atoms. The highest BCUT2D eigenvalue weighted by molar-refractivity contribution is 7.15. The van der Waals surface area contributed by atoms with Crippen LogP contribution in [0.25, 0.3) is 21.7 Å². The van der Waals surface area contributed by atoms with Crippen molar-refractivity contribution >= 4 is 23.2 Å². The Hall–Kier alpha value is -3.98. The van der Waals surface area contributed by atoms with Crippen molar-refractivity contribution in [3.05, 3.63) is 99.6 Å². The summed E-state index contributed by atoms with van der Waals surface area (Å²) < 4.78 is 40.6. The number of ketones is 1. The fourth-order valence-corrected chi connectivity index (χ4v) is 6.34. The number of Topliss-reactive ketones (excluding diaryl/α,β-unsaturated/α-hetero) is 1. The maximum Gasteiger partial charge on any atom is 0.416 e. The molecule has 2 amide bonds. The quantitative estimate of drug-likeness (QED) is 0.224. The van der Waals surface area contributed by atoms with Crippen molar-refractivity contribution in [1.82, 2.24) is 15.2 Å². The molecule has 2 heterocycles. The van der Waals surface area contributed by atoms with Crippen LogP contribution in [-0.4, -0.2) is 33.8 Å². The van der Waals surface area contributed by atoms with E-state index in [0.717, 1.165) is 38.8 Å². The summed E-state index contributed by atoms with van der Waals surface area (Å²) in [5, 5.41) is 3.88. The standard InChI is InChI=1S/C34H34F3N3O2S/c1-21-29(38-31(43-21)22-9-6-5-7-10-22)15-16-30(41)27-14-13-25(23-11-8-12-24(19-23)34(35,36)37)26-17-18-40(20-28(26)27)32(42)39-33(2,3)4/h5-14,19H,15-18,20H2,1-4H3,(H,39,42). The predicted molar refractivity (Wildman–Crippen MR) is 164 cm³/mol. The lowest BCUT2D eigenvalue weighted by atomic mass is 9.85. The molecular weight excluding hydrogens is 571 g/mol. The maximum atomic E-state index is 13.7. The molecule has 0 bridgehead atoms. The zero-order valence-electron chi connectivity index (χ0n) is 24.6. The highest BCUT2D eigenvalue weighted by atomic mass is 32.1. The van der Waals surface area contributed by atoms with Gasteiger partial charge in [0, 0.05) is 41.1 Å². The fourth-order valence-electron chi connectivity index (χ4n) is 5.37. The van der Waals surface area contributed by atoms with Crippen LogP contribution >= 0.6 is 11.3 Å². The third-order valence-corrected chi connectivity index (χ3v) is 8.55. The Morgan fingerprint density at radius 3 is 2.37 bits per heavy atom. The van der Waals surface area contributed by atoms with Gasteiger partial charge >= 0.3 is 12.2 Å². The van der Waals surface area contributed by atoms with Crippen molar-refractivity contribution in [2.24, 2.45) is 0 Å². The summed E-state index contributed by atoms with van der Waals surface area (Å²) in [7, 11) is 0. The van der Waals surface area contributed by atoms with Gasteiger partial charge in [-0.15, -0.1) is 11.3 Å². The third-order valence-electron chi connectivity index (χ3n) is 7.48. The second-order valence-corrected chi connectivity index (χ2v) is 13.1. The number of urea groups is 1. The number of amides is 2. The smallest absolute Gasteiger partial charge is 0.333 e. The van der Waals surface area contributed by atoms with Gasteiger partial charge in [-0.1, -0.05) is 54.6 Å². The lowest BCUT2D eigenvalue weighted by Gasteiger charge is -2.34. The van der Waals surface area contributed by atoms with Crippen molar-refractivity contribution in [2.45, 2.75) is 65.2 Å². The molecule has 0 fully saturated rings. The molecule has 3 aromatic carbocycles. The number of nitrogens with one attached hydrogen (secondary N) is 1. The number of aryl methyl sites for hydroxylation is 2. The lowest BCUT2D eigenvalue weighted by molar-refractivity contribution is -0.137. The van der Waals surface area contributed by atoms with E-state index in [1.54, 1.807) is 34.4 Å². The minimum atomic E-state index is -4.47. The van der Waals surface area contributed by atoms with Crippen molar-refractivity contribution in [3.63, 3.8) is 0 Å². The van der Waals surface area contributed by atoms with Crippen LogP contribution < -0.4 is 5.32 Å². The van der Waals surface area contributed by atoms with Gasteiger partial charge in [0.25, 0.3) is 0 Å². The first-order valence-electron chi connectivity index (χ1n) is 14.2. The molecule has 0 radical (unpaired) electrons. The van der Waals surface area contributed by atoms with Crippen LogP contribution in [0.5, 0.6) is 0 Å². The third kappa shape index (κ3) is 6.99. The molecule has 224 valence electrons. The molecule has 0 saturated heterocycles. The van der Waals surface area contributed by atoms with Crippen molar-refractivity contribution in [3.8, 4) is 21.7 Å². The van der Waals surface area contributed by atoms with Gasteiger partial charge in [-0.05, 0) is 74.9 Å². The summed E-state index contributed by atoms with van der Waals surface area (Å²) in [6.45, 7) is 8.27. The van der Waals surface area contributed by atoms with E-state index >= 15 is 0 Å². The molecule has 1 aliphatic rings. The Morgan fingerprint density at radius 1 is 0.953 bits per heavy atom. The van der Waals surface area contributed by atoms with E-state index in [2.05, 4.69) is 5.32 Å². The van der Waals surface area contributed by atoms with Gasteiger partial charge in [-0.25, -0.2) is 9.78 Å². The highest BCUT2D eigenvalue weighted by Crippen LogP contribution is 2.37. The Bertz CT molecular complexity index is 1660. The van der Waals surface area contributed by atoms with Crippen LogP contribution in [0.3, 0.4) is 0 Å². The second kappa shape index (κ2) is 12.0. The lowest BCUT2D eigenvalue weighted by Crippen LogP contribution is -2.50. The molecule has 5 rings (SSSR count). The number of carbonyl (C=O) groups is 2. The number of aromatic nitrogens is 1. The topological polar surface area (TPSA) is 62.3 Å². The van der Waals surface area contributed by atoms with Crippen molar-refractivity contribution in [2.75, 3.05) is 6.54 Å². The molecule has 0 aliphatic carbocycles. The Balaban J connectivity index is 1.46. The minimum absolute atomic E-state index is 0.0846. The number of hydrogen-bond donors (Lipinski definition) is 1. The van der Waals surface area contributed by atoms with Crippen LogP contribution in [0.1, 0.15) is 64.8 Å². The van der Waals surface area contributed by atoms with Crippen LogP contribution in [0.15, 0.2) is 66.7 Å². The number of nitrogens with zero attached hydrogens (tertiary/aromatic N) is 2. The summed E-state index contributed by atoms with van der Waals surface area (Å²) in [5.74, 6) is -0.0846. The largest absolute Gasteiger partial charge is 0.416 e. The summed E-state index contributed by atoms with van der Waals surface area (Å²) in [4.78, 5) is 34.3. The monoisotopic (exact) mass is 605 g/mol. The molecular formula is C34H34F3N3O2S. The molecule has 1 aromatic heterocycles. The van der Waals surface area contributed by atoms with E-state index in [1.807, 2.05) is 58.0 Å². The van der Waals surface area contributed by atoms with Crippen molar-refractivity contribution < 1.29 is 22.8 Å². The summed E-state index contributed by atoms with van der Waals surface area (Å²) >= 11 is 1.59. The molecule has 0 unspecified atom stereocenters. The van der Waals surface area contributed by atoms with Gasteiger partial charge in [-0.3, -0.25) is 4.79 Å². The van der Waals surface area contributed by atoms with E-state index in [0.29, 0.717) is 41.6 Å². The highest BCUT2D eigenvalue weighted by Gasteiger charge is 2.32. The van der Waals surface area contributed by atoms with Gasteiger partial charge in [0.15, 0.2) is 5.78 Å². The molecule has 4 aromatic rings. The maximum absolute atomic E-state index is 13.7. The molecule has 1 aliphatic heterocycles. The van der Waals surface area contributed by atoms with Gasteiger partial charge in [0.2, 0.25) is 0 Å². The Labute approximate surface area is 253 Å².